The number of aromatic amines is 1. The van der Waals surface area contributed by atoms with Crippen molar-refractivity contribution < 1.29 is 19.0 Å². The Hall–Kier alpha value is -3.29. The van der Waals surface area contributed by atoms with Crippen LogP contribution >= 0.6 is 11.3 Å². The summed E-state index contributed by atoms with van der Waals surface area (Å²) in [6.45, 7) is 2.59. The van der Waals surface area contributed by atoms with Crippen LogP contribution in [-0.4, -0.2) is 42.3 Å². The summed E-state index contributed by atoms with van der Waals surface area (Å²) < 4.78 is 16.8. The molecule has 1 saturated heterocycles. The number of thiophene rings is 1. The van der Waals surface area contributed by atoms with Gasteiger partial charge in [0.2, 0.25) is 6.79 Å². The van der Waals surface area contributed by atoms with Crippen LogP contribution in [0, 0.1) is 5.92 Å². The molecule has 3 aliphatic rings. The fraction of sp³-hybridized carbons (Fsp3) is 0.345. The van der Waals surface area contributed by atoms with Crippen molar-refractivity contribution in [3.63, 3.8) is 0 Å². The third-order valence-corrected chi connectivity index (χ3v) is 8.81. The number of aromatic nitrogens is 1. The van der Waals surface area contributed by atoms with Crippen molar-refractivity contribution in [2.45, 2.75) is 31.7 Å². The molecule has 7 rings (SSSR count). The molecule has 1 atom stereocenters. The number of hydrogen-bond donors (Lipinski definition) is 1. The number of carbonyl (C=O) groups excluding carboxylic acids is 1. The van der Waals surface area contributed by atoms with Gasteiger partial charge in [-0.15, -0.1) is 11.3 Å². The van der Waals surface area contributed by atoms with Crippen molar-refractivity contribution in [3.8, 4) is 11.5 Å². The van der Waals surface area contributed by atoms with Gasteiger partial charge in [0.15, 0.2) is 11.5 Å². The Morgan fingerprint density at radius 2 is 1.89 bits per heavy atom. The van der Waals surface area contributed by atoms with E-state index in [2.05, 4.69) is 41.4 Å². The molecule has 4 aromatic rings. The molecule has 0 spiro atoms. The molecule has 3 aliphatic heterocycles. The fourth-order valence-electron chi connectivity index (χ4n) is 5.87. The van der Waals surface area contributed by atoms with Gasteiger partial charge in [0.05, 0.1) is 10.9 Å². The number of nitrogens with one attached hydrogen (secondary N) is 1. The SMILES string of the molecule is O=C(c1ccc(CC2CCOCC2)s1)N1CCc2c([nH]c3ccccc23)C1c1ccc2c(c1)OCO2. The molecule has 5 heterocycles. The first kappa shape index (κ1) is 21.9. The zero-order valence-corrected chi connectivity index (χ0v) is 20.8. The van der Waals surface area contributed by atoms with Crippen LogP contribution in [-0.2, 0) is 17.6 Å². The summed E-state index contributed by atoms with van der Waals surface area (Å²) >= 11 is 1.65. The van der Waals surface area contributed by atoms with Gasteiger partial charge in [0.25, 0.3) is 5.91 Å². The highest BCUT2D eigenvalue weighted by Gasteiger charge is 2.36. The molecule has 1 amide bonds. The fourth-order valence-corrected chi connectivity index (χ4v) is 6.95. The molecule has 7 heteroatoms. The number of amides is 1. The van der Waals surface area contributed by atoms with E-state index >= 15 is 0 Å². The van der Waals surface area contributed by atoms with Crippen LogP contribution in [0.25, 0.3) is 10.9 Å². The molecule has 6 nitrogen and oxygen atoms in total. The van der Waals surface area contributed by atoms with E-state index in [-0.39, 0.29) is 18.7 Å². The molecule has 36 heavy (non-hydrogen) atoms. The second-order valence-electron chi connectivity index (χ2n) is 9.85. The zero-order chi connectivity index (χ0) is 24.1. The molecule has 1 N–H and O–H groups in total. The van der Waals surface area contributed by atoms with E-state index in [1.165, 1.54) is 15.8 Å². The number of carbonyl (C=O) groups is 1. The van der Waals surface area contributed by atoms with Gasteiger partial charge in [-0.1, -0.05) is 24.3 Å². The standard InChI is InChI=1S/C29H28N2O4S/c32-29(26-8-6-20(36-26)15-18-10-13-33-14-11-18)31-12-9-22-21-3-1-2-4-23(21)30-27(22)28(31)19-5-7-24-25(16-19)35-17-34-24/h1-8,16,18,28,30H,9-15,17H2. The molecule has 0 bridgehead atoms. The summed E-state index contributed by atoms with van der Waals surface area (Å²) in [7, 11) is 0. The van der Waals surface area contributed by atoms with Crippen LogP contribution in [0.15, 0.2) is 54.6 Å². The molecule has 0 aliphatic carbocycles. The molecular formula is C29H28N2O4S. The Morgan fingerprint density at radius 3 is 2.81 bits per heavy atom. The second kappa shape index (κ2) is 8.98. The Labute approximate surface area is 213 Å². The van der Waals surface area contributed by atoms with Gasteiger partial charge in [-0.05, 0) is 73.1 Å². The van der Waals surface area contributed by atoms with Crippen LogP contribution in [0.3, 0.4) is 0 Å². The van der Waals surface area contributed by atoms with Gasteiger partial charge >= 0.3 is 0 Å². The number of fused-ring (bicyclic) bond motifs is 4. The largest absolute Gasteiger partial charge is 0.454 e. The van der Waals surface area contributed by atoms with Crippen LogP contribution in [0.1, 0.15) is 50.3 Å². The Balaban J connectivity index is 1.25. The molecule has 0 radical (unpaired) electrons. The van der Waals surface area contributed by atoms with Crippen molar-refractivity contribution in [3.05, 3.63) is 81.2 Å². The first-order chi connectivity index (χ1) is 17.7. The number of nitrogens with zero attached hydrogens (tertiary/aromatic N) is 1. The quantitative estimate of drug-likeness (QED) is 0.390. The van der Waals surface area contributed by atoms with Crippen LogP contribution in [0.2, 0.25) is 0 Å². The van der Waals surface area contributed by atoms with Crippen LogP contribution in [0.4, 0.5) is 0 Å². The van der Waals surface area contributed by atoms with Crippen molar-refractivity contribution in [2.75, 3.05) is 26.6 Å². The average molecular weight is 501 g/mol. The monoisotopic (exact) mass is 500 g/mol. The molecule has 2 aromatic carbocycles. The normalized spacial score (nSPS) is 19.6. The molecule has 184 valence electrons. The van der Waals surface area contributed by atoms with E-state index in [1.807, 2.05) is 23.1 Å². The lowest BCUT2D eigenvalue weighted by Crippen LogP contribution is -2.40. The van der Waals surface area contributed by atoms with Crippen LogP contribution < -0.4 is 9.47 Å². The smallest absolute Gasteiger partial charge is 0.264 e. The highest BCUT2D eigenvalue weighted by atomic mass is 32.1. The van der Waals surface area contributed by atoms with Crippen molar-refractivity contribution in [2.24, 2.45) is 5.92 Å². The van der Waals surface area contributed by atoms with Crippen molar-refractivity contribution >= 4 is 28.1 Å². The van der Waals surface area contributed by atoms with E-state index in [1.54, 1.807) is 11.3 Å². The van der Waals surface area contributed by atoms with E-state index < -0.39 is 0 Å². The number of para-hydroxylation sites is 1. The van der Waals surface area contributed by atoms with E-state index in [9.17, 15) is 4.79 Å². The Bertz CT molecular complexity index is 1430. The number of H-pyrrole nitrogens is 1. The van der Waals surface area contributed by atoms with Crippen molar-refractivity contribution in [1.29, 1.82) is 0 Å². The summed E-state index contributed by atoms with van der Waals surface area (Å²) in [5, 5.41) is 1.24. The molecule has 2 aromatic heterocycles. The highest BCUT2D eigenvalue weighted by molar-refractivity contribution is 7.14. The predicted octanol–water partition coefficient (Wildman–Crippen LogP) is 5.72. The summed E-state index contributed by atoms with van der Waals surface area (Å²) in [6.07, 6.45) is 4.05. The molecule has 1 unspecified atom stereocenters. The summed E-state index contributed by atoms with van der Waals surface area (Å²) in [4.78, 5) is 21.8. The number of rotatable bonds is 4. The summed E-state index contributed by atoms with van der Waals surface area (Å²) in [5.74, 6) is 2.22. The highest BCUT2D eigenvalue weighted by Crippen LogP contribution is 2.43. The van der Waals surface area contributed by atoms with Gasteiger partial charge in [0, 0.05) is 41.2 Å². The third-order valence-electron chi connectivity index (χ3n) is 7.71. The minimum Gasteiger partial charge on any atom is -0.454 e. The Kier molecular flexibility index (Phi) is 5.47. The molecule has 1 fully saturated rings. The lowest BCUT2D eigenvalue weighted by Gasteiger charge is -2.36. The van der Waals surface area contributed by atoms with Crippen molar-refractivity contribution in [1.82, 2.24) is 9.88 Å². The lowest BCUT2D eigenvalue weighted by molar-refractivity contribution is 0.0667. The predicted molar refractivity (Wildman–Crippen MR) is 139 cm³/mol. The first-order valence-corrected chi connectivity index (χ1v) is 13.5. The number of ether oxygens (including phenoxy) is 3. The van der Waals surface area contributed by atoms with Crippen LogP contribution in [0.5, 0.6) is 11.5 Å². The Morgan fingerprint density at radius 1 is 1.03 bits per heavy atom. The third kappa shape index (κ3) is 3.78. The minimum absolute atomic E-state index is 0.0881. The minimum atomic E-state index is -0.218. The van der Waals surface area contributed by atoms with E-state index in [4.69, 9.17) is 14.2 Å². The second-order valence-corrected chi connectivity index (χ2v) is 11.0. The topological polar surface area (TPSA) is 63.8 Å². The molecule has 0 saturated carbocycles. The van der Waals surface area contributed by atoms with Gasteiger partial charge in [0.1, 0.15) is 0 Å². The lowest BCUT2D eigenvalue weighted by atomic mass is 9.92. The van der Waals surface area contributed by atoms with E-state index in [0.29, 0.717) is 12.5 Å². The van der Waals surface area contributed by atoms with Gasteiger partial charge in [-0.2, -0.15) is 0 Å². The van der Waals surface area contributed by atoms with Gasteiger partial charge < -0.3 is 24.1 Å². The molecular weight excluding hydrogens is 472 g/mol. The maximum absolute atomic E-state index is 14.0. The average Bonchev–Trinajstić information content (AvgIpc) is 3.66. The number of benzene rings is 2. The number of hydrogen-bond acceptors (Lipinski definition) is 5. The summed E-state index contributed by atoms with van der Waals surface area (Å²) in [5.41, 5.74) is 4.52. The maximum Gasteiger partial charge on any atom is 0.264 e. The van der Waals surface area contributed by atoms with E-state index in [0.717, 1.165) is 72.0 Å². The first-order valence-electron chi connectivity index (χ1n) is 12.7. The van der Waals surface area contributed by atoms with Gasteiger partial charge in [-0.3, -0.25) is 4.79 Å². The maximum atomic E-state index is 14.0. The summed E-state index contributed by atoms with van der Waals surface area (Å²) in [6, 6.07) is 18.4. The van der Waals surface area contributed by atoms with Gasteiger partial charge in [-0.25, -0.2) is 0 Å². The zero-order valence-electron chi connectivity index (χ0n) is 20.0.